The highest BCUT2D eigenvalue weighted by Crippen LogP contribution is 2.17. The van der Waals surface area contributed by atoms with E-state index in [1.165, 1.54) is 0 Å². The van der Waals surface area contributed by atoms with Crippen LogP contribution in [0.15, 0.2) is 48.5 Å². The van der Waals surface area contributed by atoms with Crippen molar-refractivity contribution in [2.45, 2.75) is 32.8 Å². The molecule has 0 saturated carbocycles. The molecule has 6 heteroatoms. The molecule has 1 amide bonds. The van der Waals surface area contributed by atoms with E-state index in [1.807, 2.05) is 32.0 Å². The molecule has 0 bridgehead atoms. The van der Waals surface area contributed by atoms with Gasteiger partial charge in [-0.05, 0) is 55.8 Å². The second-order valence-corrected chi connectivity index (χ2v) is 6.73. The minimum absolute atomic E-state index is 0.0659. The molecule has 0 aliphatic carbocycles. The van der Waals surface area contributed by atoms with E-state index in [-0.39, 0.29) is 11.7 Å². The van der Waals surface area contributed by atoms with Crippen molar-refractivity contribution < 1.29 is 19.1 Å². The standard InChI is InChI=1S/C22H26N2O4/c1-5-7-20(25)23-18-12-10-16(11-13-18)21(26)15(2)28-22(27)17-8-6-9-19(14-17)24(3)4/h6,8-15H,5,7H2,1-4H3,(H,23,25)/t15-/m0/s1. The largest absolute Gasteiger partial charge is 0.451 e. The molecule has 0 saturated heterocycles. The monoisotopic (exact) mass is 382 g/mol. The van der Waals surface area contributed by atoms with Crippen LogP contribution < -0.4 is 10.2 Å². The van der Waals surface area contributed by atoms with Crippen molar-refractivity contribution in [3.63, 3.8) is 0 Å². The van der Waals surface area contributed by atoms with Crippen molar-refractivity contribution in [2.75, 3.05) is 24.3 Å². The Morgan fingerprint density at radius 3 is 2.32 bits per heavy atom. The number of carbonyl (C=O) groups excluding carboxylic acids is 3. The van der Waals surface area contributed by atoms with Crippen molar-refractivity contribution in [1.29, 1.82) is 0 Å². The zero-order valence-corrected chi connectivity index (χ0v) is 16.7. The fourth-order valence-corrected chi connectivity index (χ4v) is 2.60. The summed E-state index contributed by atoms with van der Waals surface area (Å²) in [5.41, 5.74) is 2.30. The Morgan fingerprint density at radius 2 is 1.71 bits per heavy atom. The van der Waals surface area contributed by atoms with Crippen LogP contribution in [0.25, 0.3) is 0 Å². The highest BCUT2D eigenvalue weighted by molar-refractivity contribution is 6.02. The minimum atomic E-state index is -0.920. The van der Waals surface area contributed by atoms with Gasteiger partial charge in [-0.3, -0.25) is 9.59 Å². The van der Waals surface area contributed by atoms with Crippen molar-refractivity contribution in [3.05, 3.63) is 59.7 Å². The number of Topliss-reactive ketones (excluding diaryl/α,β-unsaturated/α-hetero) is 1. The molecule has 0 unspecified atom stereocenters. The number of nitrogens with one attached hydrogen (secondary N) is 1. The van der Waals surface area contributed by atoms with Crippen LogP contribution >= 0.6 is 0 Å². The lowest BCUT2D eigenvalue weighted by Gasteiger charge is -2.15. The number of rotatable bonds is 8. The number of ether oxygens (including phenoxy) is 1. The Balaban J connectivity index is 2.01. The lowest BCUT2D eigenvalue weighted by atomic mass is 10.1. The van der Waals surface area contributed by atoms with E-state index in [1.54, 1.807) is 49.4 Å². The van der Waals surface area contributed by atoms with Crippen LogP contribution in [0.5, 0.6) is 0 Å². The van der Waals surface area contributed by atoms with Gasteiger partial charge in [-0.1, -0.05) is 13.0 Å². The topological polar surface area (TPSA) is 75.7 Å². The maximum absolute atomic E-state index is 12.5. The number of benzene rings is 2. The summed E-state index contributed by atoms with van der Waals surface area (Å²) in [6.45, 7) is 3.48. The van der Waals surface area contributed by atoms with Crippen LogP contribution in [-0.2, 0) is 9.53 Å². The average molecular weight is 382 g/mol. The van der Waals surface area contributed by atoms with Gasteiger partial charge < -0.3 is 15.0 Å². The molecule has 1 atom stereocenters. The third-order valence-corrected chi connectivity index (χ3v) is 4.18. The number of esters is 1. The summed E-state index contributed by atoms with van der Waals surface area (Å²) in [4.78, 5) is 38.4. The Hall–Kier alpha value is -3.15. The van der Waals surface area contributed by atoms with Crippen molar-refractivity contribution in [2.24, 2.45) is 0 Å². The Morgan fingerprint density at radius 1 is 1.04 bits per heavy atom. The first-order valence-electron chi connectivity index (χ1n) is 9.24. The number of hydrogen-bond acceptors (Lipinski definition) is 5. The molecule has 2 aromatic rings. The molecule has 148 valence electrons. The highest BCUT2D eigenvalue weighted by Gasteiger charge is 2.20. The molecule has 0 fully saturated rings. The number of amides is 1. The summed E-state index contributed by atoms with van der Waals surface area (Å²) in [7, 11) is 3.76. The van der Waals surface area contributed by atoms with E-state index in [0.29, 0.717) is 23.2 Å². The Labute approximate surface area is 165 Å². The highest BCUT2D eigenvalue weighted by atomic mass is 16.5. The first-order valence-corrected chi connectivity index (χ1v) is 9.24. The normalized spacial score (nSPS) is 11.4. The molecule has 2 rings (SSSR count). The summed E-state index contributed by atoms with van der Waals surface area (Å²) in [6.07, 6.45) is 0.293. The molecular weight excluding hydrogens is 356 g/mol. The summed E-state index contributed by atoms with van der Waals surface area (Å²) in [6, 6.07) is 13.6. The van der Waals surface area contributed by atoms with E-state index >= 15 is 0 Å². The molecule has 6 nitrogen and oxygen atoms in total. The van der Waals surface area contributed by atoms with Crippen LogP contribution in [0.2, 0.25) is 0 Å². The van der Waals surface area contributed by atoms with Gasteiger partial charge in [0.05, 0.1) is 5.56 Å². The molecule has 1 N–H and O–H groups in total. The average Bonchev–Trinajstić information content (AvgIpc) is 2.68. The van der Waals surface area contributed by atoms with Crippen LogP contribution in [-0.4, -0.2) is 37.9 Å². The van der Waals surface area contributed by atoms with Crippen molar-refractivity contribution >= 4 is 29.0 Å². The molecule has 2 aromatic carbocycles. The number of carbonyl (C=O) groups is 3. The summed E-state index contributed by atoms with van der Waals surface area (Å²) in [5.74, 6) is -0.916. The molecular formula is C22H26N2O4. The molecule has 0 radical (unpaired) electrons. The maximum atomic E-state index is 12.5. The zero-order valence-electron chi connectivity index (χ0n) is 16.7. The van der Waals surface area contributed by atoms with E-state index in [2.05, 4.69) is 5.32 Å². The quantitative estimate of drug-likeness (QED) is 0.553. The Bertz CT molecular complexity index is 844. The lowest BCUT2D eigenvalue weighted by Crippen LogP contribution is -2.24. The Kier molecular flexibility index (Phi) is 7.32. The molecule has 0 heterocycles. The van der Waals surface area contributed by atoms with E-state index in [9.17, 15) is 14.4 Å². The van der Waals surface area contributed by atoms with Crippen LogP contribution in [0.4, 0.5) is 11.4 Å². The first kappa shape index (κ1) is 21.2. The van der Waals surface area contributed by atoms with Gasteiger partial charge in [-0.2, -0.15) is 0 Å². The van der Waals surface area contributed by atoms with Gasteiger partial charge in [0.15, 0.2) is 6.10 Å². The SMILES string of the molecule is CCCC(=O)Nc1ccc(C(=O)[C@H](C)OC(=O)c2cccc(N(C)C)c2)cc1. The smallest absolute Gasteiger partial charge is 0.338 e. The predicted molar refractivity (Wildman–Crippen MR) is 110 cm³/mol. The maximum Gasteiger partial charge on any atom is 0.338 e. The van der Waals surface area contributed by atoms with Crippen molar-refractivity contribution in [1.82, 2.24) is 0 Å². The van der Waals surface area contributed by atoms with Gasteiger partial charge in [0.2, 0.25) is 11.7 Å². The van der Waals surface area contributed by atoms with Gasteiger partial charge in [-0.25, -0.2) is 4.79 Å². The van der Waals surface area contributed by atoms with Crippen LogP contribution in [0.3, 0.4) is 0 Å². The fourth-order valence-electron chi connectivity index (χ4n) is 2.60. The van der Waals surface area contributed by atoms with Crippen LogP contribution in [0, 0.1) is 0 Å². The minimum Gasteiger partial charge on any atom is -0.451 e. The van der Waals surface area contributed by atoms with Crippen molar-refractivity contribution in [3.8, 4) is 0 Å². The zero-order chi connectivity index (χ0) is 20.7. The van der Waals surface area contributed by atoms with Gasteiger partial charge >= 0.3 is 5.97 Å². The number of hydrogen-bond donors (Lipinski definition) is 1. The van der Waals surface area contributed by atoms with E-state index < -0.39 is 12.1 Å². The molecule has 0 aromatic heterocycles. The van der Waals surface area contributed by atoms with Gasteiger partial charge in [0, 0.05) is 37.5 Å². The predicted octanol–water partition coefficient (Wildman–Crippen LogP) is 3.92. The molecule has 28 heavy (non-hydrogen) atoms. The third-order valence-electron chi connectivity index (χ3n) is 4.18. The molecule has 0 aliphatic rings. The number of anilines is 2. The van der Waals surface area contributed by atoms with E-state index in [4.69, 9.17) is 4.74 Å². The number of ketones is 1. The van der Waals surface area contributed by atoms with Gasteiger partial charge in [0.1, 0.15) is 0 Å². The molecule has 0 aliphatic heterocycles. The second kappa shape index (κ2) is 9.69. The number of nitrogens with zero attached hydrogens (tertiary/aromatic N) is 1. The van der Waals surface area contributed by atoms with Crippen LogP contribution in [0.1, 0.15) is 47.4 Å². The first-order chi connectivity index (χ1) is 13.3. The molecule has 0 spiro atoms. The summed E-state index contributed by atoms with van der Waals surface area (Å²) < 4.78 is 5.34. The lowest BCUT2D eigenvalue weighted by molar-refractivity contribution is -0.116. The fraction of sp³-hybridized carbons (Fsp3) is 0.318. The van der Waals surface area contributed by atoms with E-state index in [0.717, 1.165) is 12.1 Å². The summed E-state index contributed by atoms with van der Waals surface area (Å²) >= 11 is 0. The summed E-state index contributed by atoms with van der Waals surface area (Å²) in [5, 5.41) is 2.77. The van der Waals surface area contributed by atoms with Gasteiger partial charge in [-0.15, -0.1) is 0 Å². The second-order valence-electron chi connectivity index (χ2n) is 6.73. The van der Waals surface area contributed by atoms with Gasteiger partial charge in [0.25, 0.3) is 0 Å². The third kappa shape index (κ3) is 5.67.